The summed E-state index contributed by atoms with van der Waals surface area (Å²) in [5.74, 6) is -2.64. The Morgan fingerprint density at radius 2 is 2.00 bits per heavy atom. The van der Waals surface area contributed by atoms with Gasteiger partial charge in [-0.2, -0.15) is 0 Å². The van der Waals surface area contributed by atoms with Gasteiger partial charge in [-0.3, -0.25) is 0 Å². The number of hydrogen-bond acceptors (Lipinski definition) is 3. The molecule has 0 aliphatic heterocycles. The van der Waals surface area contributed by atoms with E-state index in [9.17, 15) is 17.2 Å². The molecule has 0 aromatic heterocycles. The lowest BCUT2D eigenvalue weighted by Gasteiger charge is -2.03. The summed E-state index contributed by atoms with van der Waals surface area (Å²) in [6, 6.07) is 4.85. The van der Waals surface area contributed by atoms with Crippen molar-refractivity contribution in [3.8, 4) is 0 Å². The summed E-state index contributed by atoms with van der Waals surface area (Å²) in [7, 11) is -3.99. The van der Waals surface area contributed by atoms with E-state index in [2.05, 4.69) is 0 Å². The Balaban J connectivity index is 3.04. The highest BCUT2D eigenvalue weighted by atomic mass is 32.2. The molecular weight excluding hydrogens is 236 g/mol. The van der Waals surface area contributed by atoms with Crippen LogP contribution < -0.4 is 5.73 Å². The lowest BCUT2D eigenvalue weighted by Crippen LogP contribution is -2.10. The van der Waals surface area contributed by atoms with Gasteiger partial charge in [0.25, 0.3) is 0 Å². The lowest BCUT2D eigenvalue weighted by atomic mass is 10.3. The second kappa shape index (κ2) is 5.18. The largest absolute Gasteiger partial charge is 0.327 e. The monoisotopic (exact) mass is 247 g/mol. The Morgan fingerprint density at radius 1 is 1.38 bits per heavy atom. The van der Waals surface area contributed by atoms with Gasteiger partial charge in [0, 0.05) is 6.54 Å². The second-order valence-corrected chi connectivity index (χ2v) is 5.03. The topological polar surface area (TPSA) is 60.2 Å². The zero-order valence-electron chi connectivity index (χ0n) is 8.36. The third-order valence-corrected chi connectivity index (χ3v) is 3.50. The van der Waals surface area contributed by atoms with E-state index in [1.165, 1.54) is 12.1 Å². The quantitative estimate of drug-likeness (QED) is 0.875. The lowest BCUT2D eigenvalue weighted by molar-refractivity contribution is 0.561. The van der Waals surface area contributed by atoms with Crippen molar-refractivity contribution in [2.45, 2.75) is 4.90 Å². The molecule has 0 radical (unpaired) electrons. The normalized spacial score (nSPS) is 12.8. The molecule has 0 aliphatic carbocycles. The highest BCUT2D eigenvalue weighted by Crippen LogP contribution is 2.17. The van der Waals surface area contributed by atoms with Gasteiger partial charge in [-0.25, -0.2) is 17.2 Å². The highest BCUT2D eigenvalue weighted by molar-refractivity contribution is 7.91. The molecule has 0 spiro atoms. The van der Waals surface area contributed by atoms with E-state index >= 15 is 0 Å². The minimum absolute atomic E-state index is 0.0986. The van der Waals surface area contributed by atoms with Crippen LogP contribution in [0.25, 0.3) is 0 Å². The molecule has 0 unspecified atom stereocenters. The molecule has 0 saturated heterocycles. The van der Waals surface area contributed by atoms with Crippen LogP contribution in [0.15, 0.2) is 41.1 Å². The second-order valence-electron chi connectivity index (χ2n) is 3.08. The molecule has 2 N–H and O–H groups in total. The highest BCUT2D eigenvalue weighted by Gasteiger charge is 2.20. The van der Waals surface area contributed by atoms with Crippen LogP contribution in [0.5, 0.6) is 0 Å². The van der Waals surface area contributed by atoms with Crippen LogP contribution in [0.3, 0.4) is 0 Å². The first kappa shape index (κ1) is 12.8. The molecule has 0 heterocycles. The summed E-state index contributed by atoms with van der Waals surface area (Å²) >= 11 is 0. The van der Waals surface area contributed by atoms with Gasteiger partial charge < -0.3 is 5.73 Å². The number of halogens is 2. The average Bonchev–Trinajstić information content (AvgIpc) is 2.17. The van der Waals surface area contributed by atoms with Gasteiger partial charge in [-0.05, 0) is 18.2 Å². The van der Waals surface area contributed by atoms with Crippen LogP contribution in [0.2, 0.25) is 0 Å². The van der Waals surface area contributed by atoms with Crippen molar-refractivity contribution in [2.75, 3.05) is 12.3 Å². The number of rotatable bonds is 4. The van der Waals surface area contributed by atoms with E-state index in [-0.39, 0.29) is 6.54 Å². The minimum atomic E-state index is -3.99. The Labute approximate surface area is 92.5 Å². The third-order valence-electron chi connectivity index (χ3n) is 1.84. The first-order valence-corrected chi connectivity index (χ1v) is 6.14. The Morgan fingerprint density at radius 3 is 2.56 bits per heavy atom. The van der Waals surface area contributed by atoms with Gasteiger partial charge >= 0.3 is 0 Å². The minimum Gasteiger partial charge on any atom is -0.327 e. The molecule has 0 fully saturated rings. The molecule has 0 aliphatic rings. The van der Waals surface area contributed by atoms with E-state index in [0.29, 0.717) is 0 Å². The summed E-state index contributed by atoms with van der Waals surface area (Å²) in [4.78, 5) is -0.504. The maximum absolute atomic E-state index is 13.2. The van der Waals surface area contributed by atoms with Crippen molar-refractivity contribution in [2.24, 2.45) is 5.73 Å². The van der Waals surface area contributed by atoms with E-state index in [1.54, 1.807) is 0 Å². The van der Waals surface area contributed by atoms with Crippen molar-refractivity contribution in [3.05, 3.63) is 42.0 Å². The number of sulfone groups is 1. The Bertz CT molecular complexity index is 497. The third kappa shape index (κ3) is 3.11. The fourth-order valence-corrected chi connectivity index (χ4v) is 2.43. The van der Waals surface area contributed by atoms with Gasteiger partial charge in [0.2, 0.25) is 0 Å². The molecule has 88 valence electrons. The maximum Gasteiger partial charge on any atom is 0.187 e. The van der Waals surface area contributed by atoms with Gasteiger partial charge in [-0.1, -0.05) is 12.1 Å². The molecule has 1 aromatic rings. The number of nitrogens with two attached hydrogens (primary N) is 1. The van der Waals surface area contributed by atoms with E-state index in [1.807, 2.05) is 0 Å². The summed E-state index contributed by atoms with van der Waals surface area (Å²) in [6.07, 6.45) is 0.943. The van der Waals surface area contributed by atoms with Gasteiger partial charge in [0.15, 0.2) is 9.84 Å². The van der Waals surface area contributed by atoms with Gasteiger partial charge in [-0.15, -0.1) is 0 Å². The molecule has 16 heavy (non-hydrogen) atoms. The van der Waals surface area contributed by atoms with Gasteiger partial charge in [0.05, 0.1) is 0 Å². The summed E-state index contributed by atoms with van der Waals surface area (Å²) in [5, 5.41) is 0. The Kier molecular flexibility index (Phi) is 4.14. The first-order valence-electron chi connectivity index (χ1n) is 4.49. The van der Waals surface area contributed by atoms with Crippen molar-refractivity contribution in [1.82, 2.24) is 0 Å². The van der Waals surface area contributed by atoms with E-state index < -0.39 is 32.1 Å². The predicted molar refractivity (Wildman–Crippen MR) is 56.7 cm³/mol. The summed E-state index contributed by atoms with van der Waals surface area (Å²) in [5.41, 5.74) is 5.03. The zero-order valence-corrected chi connectivity index (χ0v) is 9.18. The molecule has 0 bridgehead atoms. The van der Waals surface area contributed by atoms with Crippen LogP contribution in [0.4, 0.5) is 8.78 Å². The van der Waals surface area contributed by atoms with E-state index in [0.717, 1.165) is 18.2 Å². The fourth-order valence-electron chi connectivity index (χ4n) is 1.14. The van der Waals surface area contributed by atoms with Crippen LogP contribution in [-0.4, -0.2) is 20.7 Å². The Hall–Kier alpha value is -1.27. The summed E-state index contributed by atoms with van der Waals surface area (Å²) in [6.45, 7) is -0.0986. The average molecular weight is 247 g/mol. The molecular formula is C10H11F2NO2S. The van der Waals surface area contributed by atoms with Gasteiger partial charge in [0.1, 0.15) is 22.3 Å². The number of hydrogen-bond donors (Lipinski definition) is 1. The van der Waals surface area contributed by atoms with Crippen LogP contribution in [0.1, 0.15) is 0 Å². The number of benzene rings is 1. The molecule has 0 amide bonds. The SMILES string of the molecule is NC/C=C(\F)CS(=O)(=O)c1ccccc1F. The predicted octanol–water partition coefficient (Wildman–Crippen LogP) is 1.41. The smallest absolute Gasteiger partial charge is 0.187 e. The van der Waals surface area contributed by atoms with Crippen molar-refractivity contribution < 1.29 is 17.2 Å². The summed E-state index contributed by atoms with van der Waals surface area (Å²) < 4.78 is 49.3. The fraction of sp³-hybridized carbons (Fsp3) is 0.200. The van der Waals surface area contributed by atoms with Crippen LogP contribution >= 0.6 is 0 Å². The molecule has 1 aromatic carbocycles. The molecule has 1 rings (SSSR count). The zero-order chi connectivity index (χ0) is 12.2. The first-order chi connectivity index (χ1) is 7.47. The molecule has 6 heteroatoms. The molecule has 0 atom stereocenters. The van der Waals surface area contributed by atoms with Crippen molar-refractivity contribution in [1.29, 1.82) is 0 Å². The molecule has 3 nitrogen and oxygen atoms in total. The molecule has 0 saturated carbocycles. The van der Waals surface area contributed by atoms with Crippen LogP contribution in [0, 0.1) is 5.82 Å². The van der Waals surface area contributed by atoms with Crippen LogP contribution in [-0.2, 0) is 9.84 Å². The standard InChI is InChI=1S/C10H11F2NO2S/c11-8(5-6-13)7-16(14,15)10-4-2-1-3-9(10)12/h1-5H,6-7,13H2/b8-5-. The van der Waals surface area contributed by atoms with E-state index in [4.69, 9.17) is 5.73 Å². The van der Waals surface area contributed by atoms with Crippen molar-refractivity contribution in [3.63, 3.8) is 0 Å². The van der Waals surface area contributed by atoms with Crippen molar-refractivity contribution >= 4 is 9.84 Å². The maximum atomic E-state index is 13.2.